The Morgan fingerprint density at radius 2 is 1.80 bits per heavy atom. The van der Waals surface area contributed by atoms with E-state index in [4.69, 9.17) is 0 Å². The van der Waals surface area contributed by atoms with Crippen molar-refractivity contribution in [3.8, 4) is 0 Å². The Balaban J connectivity index is 2.31. The molecule has 2 aromatic carbocycles. The van der Waals surface area contributed by atoms with Gasteiger partial charge in [0.15, 0.2) is 0 Å². The molecule has 2 nitrogen and oxygen atoms in total. The molecule has 0 radical (unpaired) electrons. The second-order valence-electron chi connectivity index (χ2n) is 5.55. The summed E-state index contributed by atoms with van der Waals surface area (Å²) in [7, 11) is -3.37. The van der Waals surface area contributed by atoms with Gasteiger partial charge < -0.3 is 0 Å². The van der Waals surface area contributed by atoms with E-state index in [1.807, 2.05) is 38.1 Å². The molecule has 1 heterocycles. The van der Waals surface area contributed by atoms with Crippen LogP contribution in [0.15, 0.2) is 40.1 Å². The smallest absolute Gasteiger partial charge is 0.207 e. The lowest BCUT2D eigenvalue weighted by Gasteiger charge is -2.22. The van der Waals surface area contributed by atoms with Gasteiger partial charge in [-0.05, 0) is 48.6 Å². The van der Waals surface area contributed by atoms with Gasteiger partial charge in [-0.2, -0.15) is 0 Å². The van der Waals surface area contributed by atoms with Gasteiger partial charge in [0, 0.05) is 6.42 Å². The fourth-order valence-corrected chi connectivity index (χ4v) is 5.03. The second-order valence-corrected chi connectivity index (χ2v) is 7.40. The molecule has 0 atom stereocenters. The molecule has 104 valence electrons. The van der Waals surface area contributed by atoms with Gasteiger partial charge in [0.05, 0.1) is 9.79 Å². The summed E-state index contributed by atoms with van der Waals surface area (Å²) in [6.07, 6.45) is 1.63. The van der Waals surface area contributed by atoms with Crippen molar-refractivity contribution in [2.24, 2.45) is 0 Å². The average Bonchev–Trinajstić information content (AvgIpc) is 2.36. The van der Waals surface area contributed by atoms with Gasteiger partial charge in [-0.25, -0.2) is 8.42 Å². The van der Waals surface area contributed by atoms with Crippen LogP contribution in [0.2, 0.25) is 0 Å². The molecule has 0 aliphatic carbocycles. The maximum atomic E-state index is 12.8. The summed E-state index contributed by atoms with van der Waals surface area (Å²) >= 11 is 0. The molecule has 0 N–H and O–H groups in total. The first-order valence-corrected chi connectivity index (χ1v) is 8.39. The minimum absolute atomic E-state index is 0.481. The van der Waals surface area contributed by atoms with E-state index >= 15 is 0 Å². The summed E-state index contributed by atoms with van der Waals surface area (Å²) in [6, 6.07) is 9.67. The number of benzene rings is 2. The summed E-state index contributed by atoms with van der Waals surface area (Å²) in [6.45, 7) is 5.98. The first-order valence-electron chi connectivity index (χ1n) is 6.90. The Morgan fingerprint density at radius 3 is 2.50 bits per heavy atom. The Labute approximate surface area is 120 Å². The predicted octanol–water partition coefficient (Wildman–Crippen LogP) is 3.60. The molecular weight excluding hydrogens is 268 g/mol. The number of hydrogen-bond acceptors (Lipinski definition) is 2. The molecule has 0 bridgehead atoms. The van der Waals surface area contributed by atoms with Crippen molar-refractivity contribution in [1.82, 2.24) is 0 Å². The summed E-state index contributed by atoms with van der Waals surface area (Å²) in [5.74, 6) is 0. The van der Waals surface area contributed by atoms with E-state index in [1.54, 1.807) is 6.07 Å². The minimum atomic E-state index is -3.37. The standard InChI is InChI=1S/C17H18O2S/c1-4-13-5-6-16-14(9-13)10-15-8-11(2)7-12(3)17(15)20(16,18)19/h5-9H,4,10H2,1-3H3. The van der Waals surface area contributed by atoms with Gasteiger partial charge in [-0.3, -0.25) is 0 Å². The summed E-state index contributed by atoms with van der Waals surface area (Å²) in [5, 5.41) is 0. The molecule has 0 saturated carbocycles. The molecular formula is C17H18O2S. The highest BCUT2D eigenvalue weighted by Crippen LogP contribution is 2.37. The van der Waals surface area contributed by atoms with E-state index in [2.05, 4.69) is 6.92 Å². The van der Waals surface area contributed by atoms with E-state index in [0.717, 1.165) is 28.7 Å². The highest BCUT2D eigenvalue weighted by molar-refractivity contribution is 7.91. The SMILES string of the molecule is CCc1ccc2c(c1)Cc1cc(C)cc(C)c1S2(=O)=O. The third-order valence-electron chi connectivity index (χ3n) is 3.97. The monoisotopic (exact) mass is 286 g/mol. The summed E-state index contributed by atoms with van der Waals surface area (Å²) in [4.78, 5) is 0.994. The largest absolute Gasteiger partial charge is 0.218 e. The molecule has 1 aliphatic rings. The lowest BCUT2D eigenvalue weighted by molar-refractivity contribution is 0.591. The van der Waals surface area contributed by atoms with Gasteiger partial charge in [-0.15, -0.1) is 0 Å². The van der Waals surface area contributed by atoms with Crippen molar-refractivity contribution in [1.29, 1.82) is 0 Å². The van der Waals surface area contributed by atoms with Crippen LogP contribution in [0, 0.1) is 13.8 Å². The van der Waals surface area contributed by atoms with Crippen LogP contribution in [0.25, 0.3) is 0 Å². The third-order valence-corrected chi connectivity index (χ3v) is 6.07. The maximum absolute atomic E-state index is 12.8. The molecule has 1 aliphatic heterocycles. The molecule has 20 heavy (non-hydrogen) atoms. The van der Waals surface area contributed by atoms with Crippen LogP contribution < -0.4 is 0 Å². The normalized spacial score (nSPS) is 15.6. The third kappa shape index (κ3) is 1.88. The summed E-state index contributed by atoms with van der Waals surface area (Å²) < 4.78 is 25.7. The van der Waals surface area contributed by atoms with Crippen molar-refractivity contribution in [3.63, 3.8) is 0 Å². The van der Waals surface area contributed by atoms with Crippen molar-refractivity contribution in [2.75, 3.05) is 0 Å². The minimum Gasteiger partial charge on any atom is -0.218 e. The van der Waals surface area contributed by atoms with Crippen LogP contribution in [-0.4, -0.2) is 8.42 Å². The second kappa shape index (κ2) is 4.45. The molecule has 0 unspecified atom stereocenters. The summed E-state index contributed by atoms with van der Waals surface area (Å²) in [5.41, 5.74) is 5.02. The van der Waals surface area contributed by atoms with Crippen LogP contribution in [-0.2, 0) is 22.7 Å². The first kappa shape index (κ1) is 13.4. The quantitative estimate of drug-likeness (QED) is 0.685. The topological polar surface area (TPSA) is 34.1 Å². The van der Waals surface area contributed by atoms with Crippen LogP contribution in [0.3, 0.4) is 0 Å². The van der Waals surface area contributed by atoms with Crippen molar-refractivity contribution >= 4 is 9.84 Å². The van der Waals surface area contributed by atoms with Crippen LogP contribution in [0.4, 0.5) is 0 Å². The van der Waals surface area contributed by atoms with Gasteiger partial charge in [0.25, 0.3) is 0 Å². The van der Waals surface area contributed by atoms with Crippen molar-refractivity contribution in [3.05, 3.63) is 58.1 Å². The van der Waals surface area contributed by atoms with E-state index in [9.17, 15) is 8.42 Å². The molecule has 0 spiro atoms. The number of rotatable bonds is 1. The van der Waals surface area contributed by atoms with Gasteiger partial charge >= 0.3 is 0 Å². The Bertz CT molecular complexity index is 802. The van der Waals surface area contributed by atoms with Crippen LogP contribution in [0.5, 0.6) is 0 Å². The molecule has 2 aromatic rings. The van der Waals surface area contributed by atoms with E-state index in [0.29, 0.717) is 16.2 Å². The lowest BCUT2D eigenvalue weighted by Crippen LogP contribution is -2.16. The Morgan fingerprint density at radius 1 is 1.05 bits per heavy atom. The van der Waals surface area contributed by atoms with Gasteiger partial charge in [0.2, 0.25) is 9.84 Å². The predicted molar refractivity (Wildman–Crippen MR) is 80.0 cm³/mol. The number of fused-ring (bicyclic) bond motifs is 2. The Kier molecular flexibility index (Phi) is 2.98. The number of aryl methyl sites for hydroxylation is 3. The van der Waals surface area contributed by atoms with E-state index in [1.165, 1.54) is 5.56 Å². The zero-order valence-electron chi connectivity index (χ0n) is 12.0. The van der Waals surface area contributed by atoms with E-state index < -0.39 is 9.84 Å². The van der Waals surface area contributed by atoms with Crippen LogP contribution >= 0.6 is 0 Å². The fourth-order valence-electron chi connectivity index (χ4n) is 3.13. The van der Waals surface area contributed by atoms with E-state index in [-0.39, 0.29) is 0 Å². The zero-order chi connectivity index (χ0) is 14.5. The first-order chi connectivity index (χ1) is 9.43. The molecule has 3 rings (SSSR count). The zero-order valence-corrected chi connectivity index (χ0v) is 12.8. The number of sulfone groups is 1. The van der Waals surface area contributed by atoms with Crippen molar-refractivity contribution in [2.45, 2.75) is 43.4 Å². The molecule has 0 amide bonds. The van der Waals surface area contributed by atoms with Gasteiger partial charge in [-0.1, -0.05) is 36.8 Å². The number of hydrogen-bond donors (Lipinski definition) is 0. The van der Waals surface area contributed by atoms with Gasteiger partial charge in [0.1, 0.15) is 0 Å². The molecule has 3 heteroatoms. The van der Waals surface area contributed by atoms with Crippen molar-refractivity contribution < 1.29 is 8.42 Å². The molecule has 0 saturated heterocycles. The van der Waals surface area contributed by atoms with Crippen LogP contribution in [0.1, 0.15) is 34.7 Å². The highest BCUT2D eigenvalue weighted by atomic mass is 32.2. The molecule has 0 aromatic heterocycles. The molecule has 0 fully saturated rings. The average molecular weight is 286 g/mol. The fraction of sp³-hybridized carbons (Fsp3) is 0.294. The Hall–Kier alpha value is -1.61. The lowest BCUT2D eigenvalue weighted by atomic mass is 9.98. The highest BCUT2D eigenvalue weighted by Gasteiger charge is 2.30. The maximum Gasteiger partial charge on any atom is 0.207 e.